The lowest BCUT2D eigenvalue weighted by atomic mass is 10.0. The van der Waals surface area contributed by atoms with Gasteiger partial charge in [0.2, 0.25) is 0 Å². The van der Waals surface area contributed by atoms with Crippen LogP contribution in [0.2, 0.25) is 5.02 Å². The van der Waals surface area contributed by atoms with Crippen LogP contribution in [0, 0.1) is 0 Å². The normalized spacial score (nSPS) is 11.0. The molecular weight excluding hydrogens is 350 g/mol. The summed E-state index contributed by atoms with van der Waals surface area (Å²) in [5.74, 6) is 1.29. The molecule has 4 heteroatoms. The predicted octanol–water partition coefficient (Wildman–Crippen LogP) is 5.26. The van der Waals surface area contributed by atoms with Gasteiger partial charge in [-0.1, -0.05) is 53.5 Å². The van der Waals surface area contributed by atoms with Crippen LogP contribution in [0.15, 0.2) is 40.9 Å². The van der Waals surface area contributed by atoms with Gasteiger partial charge in [0.1, 0.15) is 12.4 Å². The predicted molar refractivity (Wildman–Crippen MR) is 91.9 cm³/mol. The van der Waals surface area contributed by atoms with Crippen LogP contribution in [0.3, 0.4) is 0 Å². The Labute approximate surface area is 139 Å². The average Bonchev–Trinajstić information content (AvgIpc) is 2.46. The summed E-state index contributed by atoms with van der Waals surface area (Å²) >= 11 is 9.76. The molecule has 0 radical (unpaired) electrons. The topological polar surface area (TPSA) is 35.2 Å². The van der Waals surface area contributed by atoms with Gasteiger partial charge in [0.15, 0.2) is 0 Å². The van der Waals surface area contributed by atoms with Gasteiger partial charge in [-0.2, -0.15) is 0 Å². The summed E-state index contributed by atoms with van der Waals surface area (Å²) in [5.41, 5.74) is 8.77. The van der Waals surface area contributed by atoms with E-state index in [2.05, 4.69) is 35.8 Å². The number of hydrogen-bond donors (Lipinski definition) is 1. The average molecular weight is 369 g/mol. The van der Waals surface area contributed by atoms with Crippen LogP contribution in [-0.2, 0) is 13.2 Å². The highest BCUT2D eigenvalue weighted by Gasteiger charge is 2.10. The van der Waals surface area contributed by atoms with E-state index in [0.717, 1.165) is 21.3 Å². The summed E-state index contributed by atoms with van der Waals surface area (Å²) in [6.45, 7) is 5.24. The fourth-order valence-electron chi connectivity index (χ4n) is 2.09. The van der Waals surface area contributed by atoms with Crippen LogP contribution < -0.4 is 10.5 Å². The summed E-state index contributed by atoms with van der Waals surface area (Å²) in [7, 11) is 0. The van der Waals surface area contributed by atoms with E-state index in [9.17, 15) is 0 Å². The SMILES string of the molecule is CC(C)c1cc(Br)ccc1OCc1ccc(CN)cc1Cl. The molecule has 0 saturated heterocycles. The molecule has 0 fully saturated rings. The minimum Gasteiger partial charge on any atom is -0.489 e. The second-order valence-corrected chi connectivity index (χ2v) is 6.58. The number of halogens is 2. The number of ether oxygens (including phenoxy) is 1. The minimum atomic E-state index is 0.396. The van der Waals surface area contributed by atoms with E-state index >= 15 is 0 Å². The number of benzene rings is 2. The molecule has 0 saturated carbocycles. The van der Waals surface area contributed by atoms with Crippen molar-refractivity contribution in [2.45, 2.75) is 32.9 Å². The number of rotatable bonds is 5. The molecule has 0 bridgehead atoms. The quantitative estimate of drug-likeness (QED) is 0.781. The highest BCUT2D eigenvalue weighted by Crippen LogP contribution is 2.30. The van der Waals surface area contributed by atoms with E-state index < -0.39 is 0 Å². The third-order valence-electron chi connectivity index (χ3n) is 3.33. The second kappa shape index (κ2) is 7.30. The lowest BCUT2D eigenvalue weighted by molar-refractivity contribution is 0.302. The standard InChI is InChI=1S/C17H19BrClNO/c1-11(2)15-8-14(18)5-6-17(15)21-10-13-4-3-12(9-20)7-16(13)19/h3-8,11H,9-10,20H2,1-2H3. The Kier molecular flexibility index (Phi) is 5.68. The van der Waals surface area contributed by atoms with Gasteiger partial charge < -0.3 is 10.5 Å². The van der Waals surface area contributed by atoms with Crippen molar-refractivity contribution in [2.24, 2.45) is 5.73 Å². The first-order chi connectivity index (χ1) is 10.0. The van der Waals surface area contributed by atoms with Crippen molar-refractivity contribution in [3.05, 3.63) is 62.6 Å². The summed E-state index contributed by atoms with van der Waals surface area (Å²) < 4.78 is 7.02. The second-order valence-electron chi connectivity index (χ2n) is 5.26. The van der Waals surface area contributed by atoms with Crippen molar-refractivity contribution < 1.29 is 4.74 Å². The van der Waals surface area contributed by atoms with E-state index in [-0.39, 0.29) is 0 Å². The van der Waals surface area contributed by atoms with Gasteiger partial charge in [0.25, 0.3) is 0 Å². The van der Waals surface area contributed by atoms with Crippen molar-refractivity contribution in [1.29, 1.82) is 0 Å². The summed E-state index contributed by atoms with van der Waals surface area (Å²) in [6, 6.07) is 11.9. The van der Waals surface area contributed by atoms with Gasteiger partial charge in [-0.15, -0.1) is 0 Å². The molecule has 2 aromatic rings. The Morgan fingerprint density at radius 1 is 1.19 bits per heavy atom. The van der Waals surface area contributed by atoms with Crippen LogP contribution >= 0.6 is 27.5 Å². The lowest BCUT2D eigenvalue weighted by Crippen LogP contribution is -2.02. The van der Waals surface area contributed by atoms with Crippen LogP contribution in [0.5, 0.6) is 5.75 Å². The van der Waals surface area contributed by atoms with Crippen molar-refractivity contribution in [3.8, 4) is 5.75 Å². The zero-order chi connectivity index (χ0) is 15.4. The van der Waals surface area contributed by atoms with Gasteiger partial charge in [0, 0.05) is 21.6 Å². The molecular formula is C17H19BrClNO. The highest BCUT2D eigenvalue weighted by atomic mass is 79.9. The van der Waals surface area contributed by atoms with Crippen molar-refractivity contribution in [2.75, 3.05) is 0 Å². The van der Waals surface area contributed by atoms with Gasteiger partial charge in [-0.25, -0.2) is 0 Å². The van der Waals surface area contributed by atoms with E-state index in [0.29, 0.717) is 24.1 Å². The summed E-state index contributed by atoms with van der Waals surface area (Å²) in [5, 5.41) is 0.696. The first-order valence-corrected chi connectivity index (χ1v) is 8.08. The zero-order valence-corrected chi connectivity index (χ0v) is 14.5. The fraction of sp³-hybridized carbons (Fsp3) is 0.294. The molecule has 112 valence electrons. The third kappa shape index (κ3) is 4.22. The molecule has 0 spiro atoms. The van der Waals surface area contributed by atoms with Crippen LogP contribution in [0.1, 0.15) is 36.5 Å². The van der Waals surface area contributed by atoms with Crippen LogP contribution in [0.4, 0.5) is 0 Å². The molecule has 0 unspecified atom stereocenters. The molecule has 21 heavy (non-hydrogen) atoms. The molecule has 0 aromatic heterocycles. The van der Waals surface area contributed by atoms with E-state index in [1.54, 1.807) is 0 Å². The molecule has 2 aromatic carbocycles. The third-order valence-corrected chi connectivity index (χ3v) is 4.18. The fourth-order valence-corrected chi connectivity index (χ4v) is 2.73. The number of hydrogen-bond acceptors (Lipinski definition) is 2. The van der Waals surface area contributed by atoms with Crippen molar-refractivity contribution in [3.63, 3.8) is 0 Å². The van der Waals surface area contributed by atoms with E-state index in [4.69, 9.17) is 22.1 Å². The van der Waals surface area contributed by atoms with Crippen LogP contribution in [-0.4, -0.2) is 0 Å². The van der Waals surface area contributed by atoms with Gasteiger partial charge >= 0.3 is 0 Å². The van der Waals surface area contributed by atoms with Crippen LogP contribution in [0.25, 0.3) is 0 Å². The molecule has 0 atom stereocenters. The molecule has 2 nitrogen and oxygen atoms in total. The summed E-state index contributed by atoms with van der Waals surface area (Å²) in [4.78, 5) is 0. The zero-order valence-electron chi connectivity index (χ0n) is 12.2. The number of nitrogens with two attached hydrogens (primary N) is 1. The van der Waals surface area contributed by atoms with E-state index in [1.165, 1.54) is 5.56 Å². The molecule has 2 N–H and O–H groups in total. The summed E-state index contributed by atoms with van der Waals surface area (Å²) in [6.07, 6.45) is 0. The molecule has 0 aliphatic rings. The van der Waals surface area contributed by atoms with Crippen molar-refractivity contribution in [1.82, 2.24) is 0 Å². The molecule has 0 aliphatic carbocycles. The molecule has 0 heterocycles. The minimum absolute atomic E-state index is 0.396. The Balaban J connectivity index is 2.16. The van der Waals surface area contributed by atoms with E-state index in [1.807, 2.05) is 30.3 Å². The Bertz CT molecular complexity index is 628. The largest absolute Gasteiger partial charge is 0.489 e. The Morgan fingerprint density at radius 2 is 1.95 bits per heavy atom. The van der Waals surface area contributed by atoms with Gasteiger partial charge in [-0.05, 0) is 41.3 Å². The maximum atomic E-state index is 6.26. The molecule has 2 rings (SSSR count). The highest BCUT2D eigenvalue weighted by molar-refractivity contribution is 9.10. The van der Waals surface area contributed by atoms with Crippen molar-refractivity contribution >= 4 is 27.5 Å². The monoisotopic (exact) mass is 367 g/mol. The molecule has 0 amide bonds. The van der Waals surface area contributed by atoms with Gasteiger partial charge in [-0.3, -0.25) is 0 Å². The lowest BCUT2D eigenvalue weighted by Gasteiger charge is -2.15. The first kappa shape index (κ1) is 16.3. The first-order valence-electron chi connectivity index (χ1n) is 6.91. The Morgan fingerprint density at radius 3 is 2.57 bits per heavy atom. The van der Waals surface area contributed by atoms with Gasteiger partial charge in [0.05, 0.1) is 0 Å². The smallest absolute Gasteiger partial charge is 0.123 e. The maximum absolute atomic E-state index is 6.26. The molecule has 0 aliphatic heterocycles. The Hall–Kier alpha value is -1.03. The maximum Gasteiger partial charge on any atom is 0.123 e.